The van der Waals surface area contributed by atoms with Crippen molar-refractivity contribution in [3.8, 4) is 0 Å². The molecule has 0 atom stereocenters. The Morgan fingerprint density at radius 2 is 2.24 bits per heavy atom. The maximum absolute atomic E-state index is 11.1. The quantitative estimate of drug-likeness (QED) is 0.478. The highest BCUT2D eigenvalue weighted by Gasteiger charge is 2.07. The summed E-state index contributed by atoms with van der Waals surface area (Å²) in [5.41, 5.74) is 2.55. The minimum absolute atomic E-state index is 0.302. The Balaban J connectivity index is 2.41. The summed E-state index contributed by atoms with van der Waals surface area (Å²) in [6.45, 7) is 6.79. The van der Waals surface area contributed by atoms with Crippen LogP contribution in [0.15, 0.2) is 16.2 Å². The lowest BCUT2D eigenvalue weighted by molar-refractivity contribution is -0.136. The second-order valence-electron chi connectivity index (χ2n) is 3.81. The van der Waals surface area contributed by atoms with Gasteiger partial charge >= 0.3 is 5.97 Å². The van der Waals surface area contributed by atoms with E-state index in [0.29, 0.717) is 18.7 Å². The summed E-state index contributed by atoms with van der Waals surface area (Å²) in [6.07, 6.45) is 1.80. The molecule has 0 unspecified atom stereocenters. The average molecular weight is 238 g/mol. The van der Waals surface area contributed by atoms with Crippen molar-refractivity contribution in [3.05, 3.63) is 28.7 Å². The third-order valence-electron chi connectivity index (χ3n) is 2.54. The zero-order valence-corrected chi connectivity index (χ0v) is 10.7. The van der Waals surface area contributed by atoms with Crippen molar-refractivity contribution in [2.24, 2.45) is 0 Å². The molecule has 0 aliphatic carbocycles. The highest BCUT2D eigenvalue weighted by atomic mass is 16.5. The molecule has 0 fully saturated rings. The van der Waals surface area contributed by atoms with Crippen LogP contribution in [0.1, 0.15) is 23.9 Å². The first-order valence-electron chi connectivity index (χ1n) is 5.43. The molecule has 94 valence electrons. The monoisotopic (exact) mass is 238 g/mol. The molecule has 0 aliphatic rings. The van der Waals surface area contributed by atoms with E-state index in [0.717, 1.165) is 17.0 Å². The molecule has 17 heavy (non-hydrogen) atoms. The maximum atomic E-state index is 11.1. The lowest BCUT2D eigenvalue weighted by Gasteiger charge is -2.02. The van der Waals surface area contributed by atoms with Gasteiger partial charge in [0.2, 0.25) is 0 Å². The van der Waals surface area contributed by atoms with E-state index in [4.69, 9.17) is 4.52 Å². The van der Waals surface area contributed by atoms with Crippen LogP contribution in [0.3, 0.4) is 0 Å². The molecular formula is C12H18N2O3. The van der Waals surface area contributed by atoms with Crippen molar-refractivity contribution in [3.63, 3.8) is 0 Å². The van der Waals surface area contributed by atoms with E-state index in [9.17, 15) is 4.79 Å². The lowest BCUT2D eigenvalue weighted by atomic mass is 10.2. The molecule has 0 bridgehead atoms. The van der Waals surface area contributed by atoms with Crippen LogP contribution in [-0.4, -0.2) is 24.8 Å². The first-order valence-corrected chi connectivity index (χ1v) is 5.43. The Kier molecular flexibility index (Phi) is 4.90. The third-order valence-corrected chi connectivity index (χ3v) is 2.54. The molecule has 0 aromatic carbocycles. The molecule has 0 saturated heterocycles. The molecule has 1 rings (SSSR count). The van der Waals surface area contributed by atoms with Gasteiger partial charge in [0.1, 0.15) is 5.76 Å². The van der Waals surface area contributed by atoms with E-state index in [1.54, 1.807) is 13.0 Å². The second-order valence-corrected chi connectivity index (χ2v) is 3.81. The molecule has 5 nitrogen and oxygen atoms in total. The van der Waals surface area contributed by atoms with E-state index >= 15 is 0 Å². The summed E-state index contributed by atoms with van der Waals surface area (Å²) in [5.74, 6) is 0.521. The molecule has 0 spiro atoms. The largest absolute Gasteiger partial charge is 0.466 e. The number of carbonyl (C=O) groups is 1. The highest BCUT2D eigenvalue weighted by molar-refractivity contribution is 5.87. The average Bonchev–Trinajstić information content (AvgIpc) is 2.64. The predicted molar refractivity (Wildman–Crippen MR) is 63.5 cm³/mol. The van der Waals surface area contributed by atoms with E-state index in [1.807, 2.05) is 13.8 Å². The summed E-state index contributed by atoms with van der Waals surface area (Å²) < 4.78 is 9.64. The smallest absolute Gasteiger partial charge is 0.333 e. The number of methoxy groups -OCH3 is 1. The number of hydrogen-bond donors (Lipinski definition) is 1. The summed E-state index contributed by atoms with van der Waals surface area (Å²) in [7, 11) is 1.37. The van der Waals surface area contributed by atoms with Gasteiger partial charge in [0, 0.05) is 24.2 Å². The third kappa shape index (κ3) is 3.71. The topological polar surface area (TPSA) is 64.4 Å². The molecule has 0 aliphatic heterocycles. The maximum Gasteiger partial charge on any atom is 0.333 e. The molecule has 1 aromatic rings. The van der Waals surface area contributed by atoms with Crippen LogP contribution in [-0.2, 0) is 16.1 Å². The zero-order valence-electron chi connectivity index (χ0n) is 10.7. The fourth-order valence-electron chi connectivity index (χ4n) is 1.42. The van der Waals surface area contributed by atoms with Crippen molar-refractivity contribution < 1.29 is 14.1 Å². The summed E-state index contributed by atoms with van der Waals surface area (Å²) in [6, 6.07) is 0. The van der Waals surface area contributed by atoms with Crippen LogP contribution in [0, 0.1) is 13.8 Å². The number of nitrogens with one attached hydrogen (secondary N) is 1. The Labute approximate surface area is 101 Å². The summed E-state index contributed by atoms with van der Waals surface area (Å²) in [5, 5.41) is 7.06. The highest BCUT2D eigenvalue weighted by Crippen LogP contribution is 2.11. The van der Waals surface area contributed by atoms with Crippen molar-refractivity contribution in [1.29, 1.82) is 0 Å². The van der Waals surface area contributed by atoms with Crippen LogP contribution >= 0.6 is 0 Å². The van der Waals surface area contributed by atoms with Gasteiger partial charge in [0.05, 0.1) is 12.8 Å². The van der Waals surface area contributed by atoms with Gasteiger partial charge in [-0.3, -0.25) is 0 Å². The zero-order chi connectivity index (χ0) is 12.8. The fraction of sp³-hybridized carbons (Fsp3) is 0.500. The lowest BCUT2D eigenvalue weighted by Crippen LogP contribution is -2.15. The first-order chi connectivity index (χ1) is 8.06. The molecular weight excluding hydrogens is 220 g/mol. The molecule has 0 saturated carbocycles. The Hall–Kier alpha value is -1.62. The second kappa shape index (κ2) is 6.20. The van der Waals surface area contributed by atoms with E-state index in [-0.39, 0.29) is 5.97 Å². The van der Waals surface area contributed by atoms with E-state index in [1.165, 1.54) is 7.11 Å². The Morgan fingerprint density at radius 1 is 1.53 bits per heavy atom. The standard InChI is InChI=1S/C12H18N2O3/c1-8(12(15)16-4)5-6-13-7-11-9(2)14-17-10(11)3/h5,13H,6-7H2,1-4H3. The normalized spacial score (nSPS) is 11.6. The number of nitrogens with zero attached hydrogens (tertiary/aromatic N) is 1. The van der Waals surface area contributed by atoms with Gasteiger partial charge in [-0.2, -0.15) is 0 Å². The Bertz CT molecular complexity index is 402. The van der Waals surface area contributed by atoms with Gasteiger partial charge in [0.25, 0.3) is 0 Å². The van der Waals surface area contributed by atoms with Crippen LogP contribution in [0.25, 0.3) is 0 Å². The molecule has 1 N–H and O–H groups in total. The summed E-state index contributed by atoms with van der Waals surface area (Å²) >= 11 is 0. The number of aromatic nitrogens is 1. The van der Waals surface area contributed by atoms with E-state index < -0.39 is 0 Å². The minimum atomic E-state index is -0.302. The molecule has 0 radical (unpaired) electrons. The Morgan fingerprint density at radius 3 is 2.76 bits per heavy atom. The number of carbonyl (C=O) groups excluding carboxylic acids is 1. The van der Waals surface area contributed by atoms with Crippen LogP contribution in [0.2, 0.25) is 0 Å². The minimum Gasteiger partial charge on any atom is -0.466 e. The van der Waals surface area contributed by atoms with Crippen LogP contribution in [0.4, 0.5) is 0 Å². The molecule has 1 aromatic heterocycles. The van der Waals surface area contributed by atoms with E-state index in [2.05, 4.69) is 15.2 Å². The summed E-state index contributed by atoms with van der Waals surface area (Å²) in [4.78, 5) is 11.1. The molecule has 1 heterocycles. The number of aryl methyl sites for hydroxylation is 2. The van der Waals surface area contributed by atoms with Crippen molar-refractivity contribution in [2.45, 2.75) is 27.3 Å². The van der Waals surface area contributed by atoms with Gasteiger partial charge in [-0.05, 0) is 20.8 Å². The first kappa shape index (κ1) is 13.4. The molecule has 0 amide bonds. The number of rotatable bonds is 5. The number of esters is 1. The molecule has 5 heteroatoms. The predicted octanol–water partition coefficient (Wildman–Crippen LogP) is 1.50. The van der Waals surface area contributed by atoms with Gasteiger partial charge in [-0.25, -0.2) is 4.79 Å². The van der Waals surface area contributed by atoms with Gasteiger partial charge in [-0.15, -0.1) is 0 Å². The van der Waals surface area contributed by atoms with Gasteiger partial charge < -0.3 is 14.6 Å². The number of hydrogen-bond acceptors (Lipinski definition) is 5. The van der Waals surface area contributed by atoms with Crippen molar-refractivity contribution in [1.82, 2.24) is 10.5 Å². The van der Waals surface area contributed by atoms with Crippen LogP contribution < -0.4 is 5.32 Å². The van der Waals surface area contributed by atoms with Gasteiger partial charge in [-0.1, -0.05) is 11.2 Å². The fourth-order valence-corrected chi connectivity index (χ4v) is 1.42. The van der Waals surface area contributed by atoms with Crippen LogP contribution in [0.5, 0.6) is 0 Å². The SMILES string of the molecule is COC(=O)C(C)=CCNCc1c(C)noc1C. The van der Waals surface area contributed by atoms with Crippen molar-refractivity contribution in [2.75, 3.05) is 13.7 Å². The van der Waals surface area contributed by atoms with Crippen molar-refractivity contribution >= 4 is 5.97 Å². The number of ether oxygens (including phenoxy) is 1. The van der Waals surface area contributed by atoms with Gasteiger partial charge in [0.15, 0.2) is 0 Å².